The van der Waals surface area contributed by atoms with E-state index in [4.69, 9.17) is 0 Å². The highest BCUT2D eigenvalue weighted by atomic mass is 19.4. The number of nitrogens with one attached hydrogen (secondary N) is 2. The summed E-state index contributed by atoms with van der Waals surface area (Å²) in [5.41, 5.74) is 0.959. The van der Waals surface area contributed by atoms with E-state index >= 15 is 0 Å². The smallest absolute Gasteiger partial charge is 0.406 e. The Balaban J connectivity index is 1.13. The van der Waals surface area contributed by atoms with Gasteiger partial charge in [0.2, 0.25) is 17.8 Å². The molecule has 0 spiro atoms. The van der Waals surface area contributed by atoms with E-state index in [0.29, 0.717) is 29.1 Å². The number of nitrogens with zero attached hydrogens (tertiary/aromatic N) is 5. The monoisotopic (exact) mass is 503 g/mol. The first-order chi connectivity index (χ1) is 17.3. The number of aromatic nitrogens is 3. The number of benzene rings is 1. The summed E-state index contributed by atoms with van der Waals surface area (Å²) in [6.45, 7) is 3.74. The van der Waals surface area contributed by atoms with Crippen molar-refractivity contribution < 1.29 is 17.9 Å². The second kappa shape index (κ2) is 8.93. The molecule has 4 bridgehead atoms. The molecule has 1 saturated heterocycles. The largest absolute Gasteiger partial charge is 0.573 e. The highest BCUT2D eigenvalue weighted by Crippen LogP contribution is 2.57. The Morgan fingerprint density at radius 3 is 2.00 bits per heavy atom. The third-order valence-electron chi connectivity index (χ3n) is 8.43. The highest BCUT2D eigenvalue weighted by molar-refractivity contribution is 5.57. The molecule has 194 valence electrons. The van der Waals surface area contributed by atoms with Crippen LogP contribution < -0.4 is 20.3 Å². The zero-order chi connectivity index (χ0) is 24.9. The molecule has 2 N–H and O–H groups in total. The average molecular weight is 504 g/mol. The van der Waals surface area contributed by atoms with Crippen molar-refractivity contribution in [2.45, 2.75) is 50.4 Å². The molecule has 4 saturated carbocycles. The van der Waals surface area contributed by atoms with E-state index < -0.39 is 6.36 Å². The van der Waals surface area contributed by atoms with Crippen LogP contribution in [-0.4, -0.2) is 65.0 Å². The quantitative estimate of drug-likeness (QED) is 0.590. The summed E-state index contributed by atoms with van der Waals surface area (Å²) in [7, 11) is 1.75. The molecule has 1 aliphatic heterocycles. The molecule has 0 atom stereocenters. The van der Waals surface area contributed by atoms with Crippen molar-refractivity contribution in [1.82, 2.24) is 19.9 Å². The molecule has 7 rings (SSSR count). The van der Waals surface area contributed by atoms with Gasteiger partial charge in [0.15, 0.2) is 0 Å². The van der Waals surface area contributed by atoms with Crippen LogP contribution in [0.1, 0.15) is 38.5 Å². The number of hydrogen-bond acceptors (Lipinski definition) is 8. The molecule has 36 heavy (non-hydrogen) atoms. The predicted octanol–water partition coefficient (Wildman–Crippen LogP) is 4.65. The summed E-state index contributed by atoms with van der Waals surface area (Å²) in [5.74, 6) is 3.87. The molecule has 2 heterocycles. The standard InChI is InChI=1S/C25H32F3N7O/c1-29-21-31-22(30-19-2-4-20(5-3-19)36-25(26,27)28)33-23(32-21)34-6-8-35(9-7-34)24-13-16-10-17(14-24)12-18(11-16)15-24/h2-5,16-18H,6-15H2,1H3,(H2,29,30,31,32,33). The fraction of sp³-hybridized carbons (Fsp3) is 0.640. The number of piperazine rings is 1. The minimum atomic E-state index is -4.72. The zero-order valence-corrected chi connectivity index (χ0v) is 20.4. The zero-order valence-electron chi connectivity index (χ0n) is 20.4. The van der Waals surface area contributed by atoms with Gasteiger partial charge in [-0.3, -0.25) is 4.90 Å². The molecule has 1 aromatic heterocycles. The third-order valence-corrected chi connectivity index (χ3v) is 8.43. The van der Waals surface area contributed by atoms with Crippen molar-refractivity contribution in [1.29, 1.82) is 0 Å². The number of rotatable bonds is 6. The van der Waals surface area contributed by atoms with Gasteiger partial charge in [-0.05, 0) is 80.5 Å². The predicted molar refractivity (Wildman–Crippen MR) is 130 cm³/mol. The second-order valence-electron chi connectivity index (χ2n) is 10.8. The van der Waals surface area contributed by atoms with Crippen LogP contribution in [0.2, 0.25) is 0 Å². The minimum absolute atomic E-state index is 0.280. The van der Waals surface area contributed by atoms with Crippen molar-refractivity contribution in [2.75, 3.05) is 48.8 Å². The van der Waals surface area contributed by atoms with Crippen LogP contribution in [0.15, 0.2) is 24.3 Å². The lowest BCUT2D eigenvalue weighted by atomic mass is 9.52. The number of hydrogen-bond donors (Lipinski definition) is 2. The van der Waals surface area contributed by atoms with Crippen molar-refractivity contribution in [3.63, 3.8) is 0 Å². The lowest BCUT2D eigenvalue weighted by Gasteiger charge is -2.61. The van der Waals surface area contributed by atoms with Gasteiger partial charge in [0.05, 0.1) is 0 Å². The van der Waals surface area contributed by atoms with Crippen LogP contribution in [0.5, 0.6) is 5.75 Å². The van der Waals surface area contributed by atoms with E-state index in [1.165, 1.54) is 62.8 Å². The Morgan fingerprint density at radius 1 is 0.861 bits per heavy atom. The van der Waals surface area contributed by atoms with Crippen LogP contribution in [0, 0.1) is 17.8 Å². The van der Waals surface area contributed by atoms with E-state index in [1.807, 2.05) is 0 Å². The highest BCUT2D eigenvalue weighted by Gasteiger charge is 2.53. The first-order valence-electron chi connectivity index (χ1n) is 12.8. The minimum Gasteiger partial charge on any atom is -0.406 e. The van der Waals surface area contributed by atoms with E-state index in [1.54, 1.807) is 7.05 Å². The fourth-order valence-electron chi connectivity index (χ4n) is 7.38. The van der Waals surface area contributed by atoms with Crippen molar-refractivity contribution in [3.8, 4) is 5.75 Å². The average Bonchev–Trinajstić information content (AvgIpc) is 2.83. The van der Waals surface area contributed by atoms with Gasteiger partial charge < -0.3 is 20.3 Å². The van der Waals surface area contributed by atoms with Gasteiger partial charge in [0, 0.05) is 44.5 Å². The molecule has 11 heteroatoms. The van der Waals surface area contributed by atoms with Gasteiger partial charge in [-0.25, -0.2) is 0 Å². The van der Waals surface area contributed by atoms with Gasteiger partial charge in [0.1, 0.15) is 5.75 Å². The summed E-state index contributed by atoms with van der Waals surface area (Å²) in [4.78, 5) is 18.5. The topological polar surface area (TPSA) is 78.4 Å². The van der Waals surface area contributed by atoms with E-state index in [0.717, 1.165) is 43.9 Å². The van der Waals surface area contributed by atoms with Crippen molar-refractivity contribution >= 4 is 23.5 Å². The Kier molecular flexibility index (Phi) is 5.85. The maximum absolute atomic E-state index is 12.4. The number of halogens is 3. The summed E-state index contributed by atoms with van der Waals surface area (Å²) >= 11 is 0. The van der Waals surface area contributed by atoms with Crippen molar-refractivity contribution in [3.05, 3.63) is 24.3 Å². The van der Waals surface area contributed by atoms with E-state index in [2.05, 4.69) is 40.1 Å². The lowest BCUT2D eigenvalue weighted by molar-refractivity contribution is -0.274. The number of ether oxygens (including phenoxy) is 1. The molecule has 0 radical (unpaired) electrons. The van der Waals surface area contributed by atoms with Crippen LogP contribution in [0.4, 0.5) is 36.7 Å². The van der Waals surface area contributed by atoms with Crippen LogP contribution in [0.25, 0.3) is 0 Å². The number of anilines is 4. The molecule has 8 nitrogen and oxygen atoms in total. The van der Waals surface area contributed by atoms with Gasteiger partial charge in [-0.15, -0.1) is 13.2 Å². The van der Waals surface area contributed by atoms with Gasteiger partial charge in [-0.1, -0.05) is 0 Å². The second-order valence-corrected chi connectivity index (χ2v) is 10.8. The maximum Gasteiger partial charge on any atom is 0.573 e. The van der Waals surface area contributed by atoms with Gasteiger partial charge in [-0.2, -0.15) is 15.0 Å². The van der Waals surface area contributed by atoms with Crippen LogP contribution in [-0.2, 0) is 0 Å². The van der Waals surface area contributed by atoms with E-state index in [-0.39, 0.29) is 5.75 Å². The molecule has 4 aliphatic carbocycles. The number of alkyl halides is 3. The molecule has 2 aromatic rings. The molecule has 5 fully saturated rings. The third kappa shape index (κ3) is 4.77. The molecule has 1 aromatic carbocycles. The first kappa shape index (κ1) is 23.6. The summed E-state index contributed by atoms with van der Waals surface area (Å²) < 4.78 is 41.2. The summed E-state index contributed by atoms with van der Waals surface area (Å²) in [6, 6.07) is 5.49. The molecular weight excluding hydrogens is 471 g/mol. The first-order valence-corrected chi connectivity index (χ1v) is 12.8. The molecular formula is C25H32F3N7O. The Labute approximate surface area is 208 Å². The summed E-state index contributed by atoms with van der Waals surface area (Å²) in [5, 5.41) is 6.05. The molecule has 0 amide bonds. The van der Waals surface area contributed by atoms with Crippen LogP contribution >= 0.6 is 0 Å². The Bertz CT molecular complexity index is 1050. The lowest BCUT2D eigenvalue weighted by Crippen LogP contribution is -2.64. The SMILES string of the molecule is CNc1nc(Nc2ccc(OC(F)(F)F)cc2)nc(N2CCN(C34CC5CC(CC(C5)C3)C4)CC2)n1. The van der Waals surface area contributed by atoms with Crippen molar-refractivity contribution in [2.24, 2.45) is 17.8 Å². The van der Waals surface area contributed by atoms with Crippen LogP contribution in [0.3, 0.4) is 0 Å². The Hall–Kier alpha value is -2.82. The van der Waals surface area contributed by atoms with Gasteiger partial charge >= 0.3 is 6.36 Å². The van der Waals surface area contributed by atoms with Gasteiger partial charge in [0.25, 0.3) is 0 Å². The molecule has 0 unspecified atom stereocenters. The van der Waals surface area contributed by atoms with E-state index in [9.17, 15) is 13.2 Å². The molecule has 5 aliphatic rings. The normalized spacial score (nSPS) is 29.9. The maximum atomic E-state index is 12.4. The Morgan fingerprint density at radius 2 is 1.44 bits per heavy atom. The summed E-state index contributed by atoms with van der Waals surface area (Å²) in [6.07, 6.45) is 3.74. The fourth-order valence-corrected chi connectivity index (χ4v) is 7.38.